The van der Waals surface area contributed by atoms with Crippen LogP contribution in [0.3, 0.4) is 0 Å². The first-order chi connectivity index (χ1) is 13.6. The van der Waals surface area contributed by atoms with Gasteiger partial charge in [-0.05, 0) is 29.5 Å². The van der Waals surface area contributed by atoms with Crippen LogP contribution in [0.4, 0.5) is 0 Å². The largest absolute Gasteiger partial charge is 0.341 e. The molecule has 1 saturated heterocycles. The zero-order valence-electron chi connectivity index (χ0n) is 16.9. The van der Waals surface area contributed by atoms with Gasteiger partial charge < -0.3 is 9.80 Å². The molecule has 0 spiro atoms. The van der Waals surface area contributed by atoms with Crippen LogP contribution in [0.2, 0.25) is 0 Å². The number of carbonyl (C=O) groups excluding carboxylic acids is 2. The first-order valence-corrected chi connectivity index (χ1v) is 10.3. The maximum Gasteiger partial charge on any atom is 0.227 e. The number of hydrogen-bond donors (Lipinski definition) is 0. The highest BCUT2D eigenvalue weighted by atomic mass is 16.2. The van der Waals surface area contributed by atoms with Crippen LogP contribution < -0.4 is 0 Å². The summed E-state index contributed by atoms with van der Waals surface area (Å²) < 4.78 is 0. The molecule has 0 aromatic heterocycles. The van der Waals surface area contributed by atoms with Gasteiger partial charge >= 0.3 is 0 Å². The highest BCUT2D eigenvalue weighted by Crippen LogP contribution is 2.27. The second kappa shape index (κ2) is 9.54. The predicted molar refractivity (Wildman–Crippen MR) is 113 cm³/mol. The monoisotopic (exact) mass is 378 g/mol. The van der Waals surface area contributed by atoms with Crippen LogP contribution in [-0.2, 0) is 16.0 Å². The third-order valence-corrected chi connectivity index (χ3v) is 5.46. The first kappa shape index (κ1) is 20.1. The molecule has 4 nitrogen and oxygen atoms in total. The Labute approximate surface area is 168 Å². The third-order valence-electron chi connectivity index (χ3n) is 5.46. The molecule has 2 amide bonds. The Balaban J connectivity index is 1.90. The third kappa shape index (κ3) is 4.61. The summed E-state index contributed by atoms with van der Waals surface area (Å²) >= 11 is 0. The lowest BCUT2D eigenvalue weighted by Crippen LogP contribution is -2.38. The van der Waals surface area contributed by atoms with Gasteiger partial charge in [-0.1, -0.05) is 68.4 Å². The average Bonchev–Trinajstić information content (AvgIpc) is 2.89. The lowest BCUT2D eigenvalue weighted by Gasteiger charge is -2.24. The van der Waals surface area contributed by atoms with Gasteiger partial charge in [0, 0.05) is 32.6 Å². The molecule has 1 aliphatic heterocycles. The first-order valence-electron chi connectivity index (χ1n) is 10.3. The van der Waals surface area contributed by atoms with Gasteiger partial charge in [-0.3, -0.25) is 9.59 Å². The van der Waals surface area contributed by atoms with Crippen LogP contribution in [-0.4, -0.2) is 47.8 Å². The molecule has 0 radical (unpaired) electrons. The second-order valence-corrected chi connectivity index (χ2v) is 7.44. The normalized spacial score (nSPS) is 17.5. The minimum Gasteiger partial charge on any atom is -0.341 e. The molecule has 1 heterocycles. The van der Waals surface area contributed by atoms with Crippen LogP contribution in [0.15, 0.2) is 54.6 Å². The Morgan fingerprint density at radius 3 is 2.43 bits per heavy atom. The fourth-order valence-corrected chi connectivity index (χ4v) is 4.00. The fraction of sp³-hybridized carbons (Fsp3) is 0.417. The molecule has 1 atom stereocenters. The standard InChI is InChI=1S/C24H30N2O2/c1-3-14-25-15-16-26(23(27)4-2)18-21(24(25)28)17-20-12-8-9-13-22(20)19-10-6-5-7-11-19/h5-13,21H,3-4,14-18H2,1-2H3/t21-/m1/s1. The maximum absolute atomic E-state index is 13.2. The van der Waals surface area contributed by atoms with Crippen LogP contribution in [0.1, 0.15) is 32.3 Å². The molecule has 0 aliphatic carbocycles. The molecule has 0 saturated carbocycles. The smallest absolute Gasteiger partial charge is 0.227 e. The van der Waals surface area contributed by atoms with E-state index in [0.29, 0.717) is 32.5 Å². The molecule has 0 unspecified atom stereocenters. The van der Waals surface area contributed by atoms with Crippen molar-refractivity contribution in [3.8, 4) is 11.1 Å². The van der Waals surface area contributed by atoms with E-state index in [-0.39, 0.29) is 17.7 Å². The number of amides is 2. The minimum absolute atomic E-state index is 0.132. The second-order valence-electron chi connectivity index (χ2n) is 7.44. The lowest BCUT2D eigenvalue weighted by molar-refractivity contribution is -0.135. The van der Waals surface area contributed by atoms with Crippen molar-refractivity contribution < 1.29 is 9.59 Å². The van der Waals surface area contributed by atoms with Gasteiger partial charge in [0.2, 0.25) is 11.8 Å². The summed E-state index contributed by atoms with van der Waals surface area (Å²) in [5.41, 5.74) is 3.48. The van der Waals surface area contributed by atoms with E-state index in [1.165, 1.54) is 0 Å². The highest BCUT2D eigenvalue weighted by molar-refractivity contribution is 5.82. The van der Waals surface area contributed by atoms with Gasteiger partial charge in [-0.25, -0.2) is 0 Å². The lowest BCUT2D eigenvalue weighted by atomic mass is 9.91. The van der Waals surface area contributed by atoms with E-state index in [0.717, 1.165) is 29.7 Å². The summed E-state index contributed by atoms with van der Waals surface area (Å²) in [4.78, 5) is 29.4. The highest BCUT2D eigenvalue weighted by Gasteiger charge is 2.32. The molecular weight excluding hydrogens is 348 g/mol. The molecule has 148 valence electrons. The van der Waals surface area contributed by atoms with Crippen molar-refractivity contribution in [1.29, 1.82) is 0 Å². The number of carbonyl (C=O) groups is 2. The van der Waals surface area contributed by atoms with E-state index in [9.17, 15) is 9.59 Å². The van der Waals surface area contributed by atoms with Crippen molar-refractivity contribution in [2.45, 2.75) is 33.1 Å². The van der Waals surface area contributed by atoms with E-state index in [1.807, 2.05) is 47.1 Å². The summed E-state index contributed by atoms with van der Waals surface area (Å²) in [6.45, 7) is 6.51. The molecular formula is C24H30N2O2. The molecule has 2 aromatic rings. The Morgan fingerprint density at radius 1 is 1.00 bits per heavy atom. The molecule has 1 fully saturated rings. The Morgan fingerprint density at radius 2 is 1.71 bits per heavy atom. The summed E-state index contributed by atoms with van der Waals surface area (Å²) in [7, 11) is 0. The molecule has 0 bridgehead atoms. The number of rotatable bonds is 6. The van der Waals surface area contributed by atoms with Crippen molar-refractivity contribution >= 4 is 11.8 Å². The summed E-state index contributed by atoms with van der Waals surface area (Å²) in [5.74, 6) is 0.109. The van der Waals surface area contributed by atoms with Gasteiger partial charge in [-0.15, -0.1) is 0 Å². The zero-order valence-corrected chi connectivity index (χ0v) is 16.9. The van der Waals surface area contributed by atoms with Crippen molar-refractivity contribution in [3.63, 3.8) is 0 Å². The minimum atomic E-state index is -0.200. The maximum atomic E-state index is 13.2. The van der Waals surface area contributed by atoms with Gasteiger partial charge in [-0.2, -0.15) is 0 Å². The topological polar surface area (TPSA) is 40.6 Å². The zero-order chi connectivity index (χ0) is 19.9. The molecule has 28 heavy (non-hydrogen) atoms. The molecule has 3 rings (SSSR count). The van der Waals surface area contributed by atoms with E-state index in [4.69, 9.17) is 0 Å². The van der Waals surface area contributed by atoms with Gasteiger partial charge in [0.05, 0.1) is 5.92 Å². The number of hydrogen-bond acceptors (Lipinski definition) is 2. The van der Waals surface area contributed by atoms with Crippen molar-refractivity contribution in [2.75, 3.05) is 26.2 Å². The fourth-order valence-electron chi connectivity index (χ4n) is 4.00. The van der Waals surface area contributed by atoms with Crippen molar-refractivity contribution in [3.05, 3.63) is 60.2 Å². The van der Waals surface area contributed by atoms with Gasteiger partial charge in [0.1, 0.15) is 0 Å². The Bertz CT molecular complexity index is 803. The number of nitrogens with zero attached hydrogens (tertiary/aromatic N) is 2. The molecule has 1 aliphatic rings. The molecule has 0 N–H and O–H groups in total. The van der Waals surface area contributed by atoms with Gasteiger partial charge in [0.15, 0.2) is 0 Å². The molecule has 2 aromatic carbocycles. The van der Waals surface area contributed by atoms with Crippen LogP contribution >= 0.6 is 0 Å². The van der Waals surface area contributed by atoms with E-state index in [2.05, 4.69) is 31.2 Å². The van der Waals surface area contributed by atoms with Gasteiger partial charge in [0.25, 0.3) is 0 Å². The summed E-state index contributed by atoms with van der Waals surface area (Å²) in [6.07, 6.45) is 2.06. The Hall–Kier alpha value is -2.62. The molecule has 4 heteroatoms. The quantitative estimate of drug-likeness (QED) is 0.762. The summed E-state index contributed by atoms with van der Waals surface area (Å²) in [6, 6.07) is 18.6. The van der Waals surface area contributed by atoms with E-state index in [1.54, 1.807) is 0 Å². The predicted octanol–water partition coefficient (Wildman–Crippen LogP) is 4.00. The van der Waals surface area contributed by atoms with E-state index >= 15 is 0 Å². The average molecular weight is 379 g/mol. The Kier molecular flexibility index (Phi) is 6.85. The number of benzene rings is 2. The van der Waals surface area contributed by atoms with Crippen LogP contribution in [0, 0.1) is 5.92 Å². The SMILES string of the molecule is CCCN1CCN(C(=O)CC)C[C@@H](Cc2ccccc2-c2ccccc2)C1=O. The van der Waals surface area contributed by atoms with Crippen LogP contribution in [0.5, 0.6) is 0 Å². The van der Waals surface area contributed by atoms with Crippen molar-refractivity contribution in [2.24, 2.45) is 5.92 Å². The summed E-state index contributed by atoms with van der Waals surface area (Å²) in [5, 5.41) is 0. The van der Waals surface area contributed by atoms with E-state index < -0.39 is 0 Å². The van der Waals surface area contributed by atoms with Crippen LogP contribution in [0.25, 0.3) is 11.1 Å². The van der Waals surface area contributed by atoms with Crippen molar-refractivity contribution in [1.82, 2.24) is 9.80 Å².